The monoisotopic (exact) mass is 306 g/mol. The van der Waals surface area contributed by atoms with E-state index in [4.69, 9.17) is 16.3 Å². The fraction of sp³-hybridized carbons (Fsp3) is 0.500. The van der Waals surface area contributed by atoms with Crippen LogP contribution in [0.1, 0.15) is 25.0 Å². The van der Waals surface area contributed by atoms with Gasteiger partial charge < -0.3 is 9.84 Å². The Hall–Kier alpha value is -0.0900. The Morgan fingerprint density at radius 1 is 1.50 bits per heavy atom. The van der Waals surface area contributed by atoms with E-state index in [1.54, 1.807) is 13.2 Å². The second-order valence-corrected chi connectivity index (χ2v) is 5.14. The van der Waals surface area contributed by atoms with E-state index in [1.807, 2.05) is 19.1 Å². The van der Waals surface area contributed by atoms with Crippen LogP contribution in [0.2, 0.25) is 5.02 Å². The molecule has 0 aliphatic rings. The van der Waals surface area contributed by atoms with E-state index in [9.17, 15) is 5.11 Å². The van der Waals surface area contributed by atoms with E-state index in [1.165, 1.54) is 0 Å². The van der Waals surface area contributed by atoms with Crippen molar-refractivity contribution in [2.75, 3.05) is 13.7 Å². The minimum Gasteiger partial charge on any atom is -0.388 e. The van der Waals surface area contributed by atoms with E-state index in [0.717, 1.165) is 16.5 Å². The molecule has 0 fully saturated rings. The molecule has 1 N–H and O–H groups in total. The third-order valence-electron chi connectivity index (χ3n) is 2.60. The molecule has 1 rings (SSSR count). The minimum absolute atomic E-state index is 0.160. The number of halogens is 2. The molecule has 2 unspecified atom stereocenters. The molecule has 0 heterocycles. The van der Waals surface area contributed by atoms with Gasteiger partial charge in [-0.3, -0.25) is 0 Å². The molecule has 4 heteroatoms. The first-order valence-corrected chi connectivity index (χ1v) is 6.35. The molecular weight excluding hydrogens is 291 g/mol. The molecule has 0 spiro atoms. The summed E-state index contributed by atoms with van der Waals surface area (Å²) in [5.74, 6) is 0.160. The highest BCUT2D eigenvalue weighted by Gasteiger charge is 2.16. The number of rotatable bonds is 5. The van der Waals surface area contributed by atoms with Gasteiger partial charge in [0.15, 0.2) is 0 Å². The predicted octanol–water partition coefficient (Wildman–Crippen LogP) is 3.81. The Balaban J connectivity index is 2.71. The van der Waals surface area contributed by atoms with Gasteiger partial charge in [-0.2, -0.15) is 0 Å². The number of aliphatic hydroxyl groups is 1. The summed E-state index contributed by atoms with van der Waals surface area (Å²) >= 11 is 9.25. The quantitative estimate of drug-likeness (QED) is 0.896. The van der Waals surface area contributed by atoms with Crippen molar-refractivity contribution in [3.63, 3.8) is 0 Å². The van der Waals surface area contributed by atoms with Gasteiger partial charge in [-0.25, -0.2) is 0 Å². The molecule has 0 saturated carbocycles. The van der Waals surface area contributed by atoms with Crippen LogP contribution in [-0.2, 0) is 4.74 Å². The van der Waals surface area contributed by atoms with Crippen LogP contribution in [0.3, 0.4) is 0 Å². The van der Waals surface area contributed by atoms with Crippen LogP contribution in [-0.4, -0.2) is 18.8 Å². The van der Waals surface area contributed by atoms with Gasteiger partial charge in [-0.05, 0) is 46.0 Å². The van der Waals surface area contributed by atoms with Crippen molar-refractivity contribution in [3.8, 4) is 0 Å². The van der Waals surface area contributed by atoms with Crippen molar-refractivity contribution in [1.29, 1.82) is 0 Å². The predicted molar refractivity (Wildman–Crippen MR) is 69.8 cm³/mol. The van der Waals surface area contributed by atoms with Gasteiger partial charge in [0, 0.05) is 18.2 Å². The van der Waals surface area contributed by atoms with Crippen molar-refractivity contribution in [1.82, 2.24) is 0 Å². The minimum atomic E-state index is -0.483. The summed E-state index contributed by atoms with van der Waals surface area (Å²) in [6, 6.07) is 5.49. The largest absolute Gasteiger partial charge is 0.388 e. The fourth-order valence-electron chi connectivity index (χ4n) is 1.49. The van der Waals surface area contributed by atoms with Gasteiger partial charge in [0.1, 0.15) is 0 Å². The second-order valence-electron chi connectivity index (χ2n) is 3.88. The zero-order chi connectivity index (χ0) is 12.1. The summed E-state index contributed by atoms with van der Waals surface area (Å²) in [6.07, 6.45) is 0.349. The highest BCUT2D eigenvalue weighted by atomic mass is 79.9. The molecule has 0 bridgehead atoms. The lowest BCUT2D eigenvalue weighted by atomic mass is 9.95. The fourth-order valence-corrected chi connectivity index (χ4v) is 2.00. The van der Waals surface area contributed by atoms with Gasteiger partial charge in [-0.1, -0.05) is 24.6 Å². The number of ether oxygens (including phenoxy) is 1. The summed E-state index contributed by atoms with van der Waals surface area (Å²) in [4.78, 5) is 0. The molecule has 0 saturated heterocycles. The maximum Gasteiger partial charge on any atom is 0.0816 e. The van der Waals surface area contributed by atoms with Gasteiger partial charge in [0.2, 0.25) is 0 Å². The SMILES string of the molecule is COCCC(C)C(O)c1ccc(Cl)c(Br)c1. The van der Waals surface area contributed by atoms with E-state index in [2.05, 4.69) is 15.9 Å². The van der Waals surface area contributed by atoms with Crippen LogP contribution >= 0.6 is 27.5 Å². The molecule has 1 aromatic rings. The lowest BCUT2D eigenvalue weighted by Gasteiger charge is -2.19. The molecule has 90 valence electrons. The van der Waals surface area contributed by atoms with E-state index < -0.39 is 6.10 Å². The Bertz CT molecular complexity index is 344. The molecule has 0 aromatic heterocycles. The van der Waals surface area contributed by atoms with Gasteiger partial charge in [0.25, 0.3) is 0 Å². The van der Waals surface area contributed by atoms with E-state index >= 15 is 0 Å². The van der Waals surface area contributed by atoms with Crippen LogP contribution in [0.4, 0.5) is 0 Å². The summed E-state index contributed by atoms with van der Waals surface area (Å²) in [5, 5.41) is 10.8. The van der Waals surface area contributed by atoms with Crippen LogP contribution in [0.5, 0.6) is 0 Å². The number of benzene rings is 1. The number of hydrogen-bond donors (Lipinski definition) is 1. The molecule has 0 aliphatic heterocycles. The molecule has 16 heavy (non-hydrogen) atoms. The van der Waals surface area contributed by atoms with Crippen molar-refractivity contribution in [2.24, 2.45) is 5.92 Å². The first-order chi connectivity index (χ1) is 7.56. The van der Waals surface area contributed by atoms with Crippen LogP contribution in [0, 0.1) is 5.92 Å². The topological polar surface area (TPSA) is 29.5 Å². The van der Waals surface area contributed by atoms with Crippen molar-refractivity contribution in [2.45, 2.75) is 19.4 Å². The lowest BCUT2D eigenvalue weighted by molar-refractivity contribution is 0.0886. The summed E-state index contributed by atoms with van der Waals surface area (Å²) < 4.78 is 5.81. The first-order valence-electron chi connectivity index (χ1n) is 5.18. The van der Waals surface area contributed by atoms with E-state index in [0.29, 0.717) is 11.6 Å². The smallest absolute Gasteiger partial charge is 0.0816 e. The number of aliphatic hydroxyl groups excluding tert-OH is 1. The van der Waals surface area contributed by atoms with Gasteiger partial charge in [-0.15, -0.1) is 0 Å². The average molecular weight is 308 g/mol. The third kappa shape index (κ3) is 3.74. The molecule has 2 nitrogen and oxygen atoms in total. The second kappa shape index (κ2) is 6.60. The molecule has 1 aromatic carbocycles. The maximum absolute atomic E-state index is 10.1. The zero-order valence-corrected chi connectivity index (χ0v) is 11.8. The molecular formula is C12H16BrClO2. The highest BCUT2D eigenvalue weighted by Crippen LogP contribution is 2.30. The zero-order valence-electron chi connectivity index (χ0n) is 9.41. The van der Waals surface area contributed by atoms with Crippen LogP contribution < -0.4 is 0 Å². The van der Waals surface area contributed by atoms with Crippen molar-refractivity contribution in [3.05, 3.63) is 33.3 Å². The number of hydrogen-bond acceptors (Lipinski definition) is 2. The third-order valence-corrected chi connectivity index (χ3v) is 3.82. The standard InChI is InChI=1S/C12H16BrClO2/c1-8(5-6-16-2)12(15)9-3-4-11(14)10(13)7-9/h3-4,7-8,12,15H,5-6H2,1-2H3. The lowest BCUT2D eigenvalue weighted by Crippen LogP contribution is -2.11. The highest BCUT2D eigenvalue weighted by molar-refractivity contribution is 9.10. The Morgan fingerprint density at radius 2 is 2.19 bits per heavy atom. The normalized spacial score (nSPS) is 14.8. The molecule has 2 atom stereocenters. The number of methoxy groups -OCH3 is 1. The van der Waals surface area contributed by atoms with Crippen LogP contribution in [0.15, 0.2) is 22.7 Å². The summed E-state index contributed by atoms with van der Waals surface area (Å²) in [7, 11) is 1.66. The molecule has 0 radical (unpaired) electrons. The van der Waals surface area contributed by atoms with E-state index in [-0.39, 0.29) is 5.92 Å². The van der Waals surface area contributed by atoms with Crippen molar-refractivity contribution < 1.29 is 9.84 Å². The Morgan fingerprint density at radius 3 is 2.75 bits per heavy atom. The average Bonchev–Trinajstić information content (AvgIpc) is 2.28. The Labute approximate surface area is 110 Å². The van der Waals surface area contributed by atoms with Gasteiger partial charge >= 0.3 is 0 Å². The summed E-state index contributed by atoms with van der Waals surface area (Å²) in [5.41, 5.74) is 0.875. The van der Waals surface area contributed by atoms with Gasteiger partial charge in [0.05, 0.1) is 11.1 Å². The molecule has 0 aliphatic carbocycles. The van der Waals surface area contributed by atoms with Crippen LogP contribution in [0.25, 0.3) is 0 Å². The Kier molecular flexibility index (Phi) is 5.76. The first kappa shape index (κ1) is 14.0. The summed E-state index contributed by atoms with van der Waals surface area (Å²) in [6.45, 7) is 2.67. The van der Waals surface area contributed by atoms with Crippen molar-refractivity contribution >= 4 is 27.5 Å². The molecule has 0 amide bonds. The maximum atomic E-state index is 10.1.